The van der Waals surface area contributed by atoms with Crippen LogP contribution in [0.2, 0.25) is 0 Å². The number of hydrogen-bond acceptors (Lipinski definition) is 3. The van der Waals surface area contributed by atoms with Gasteiger partial charge in [-0.2, -0.15) is 0 Å². The lowest BCUT2D eigenvalue weighted by atomic mass is 10.1. The first-order valence-corrected chi connectivity index (χ1v) is 4.76. The van der Waals surface area contributed by atoms with Gasteiger partial charge in [-0.05, 0) is 12.1 Å². The highest BCUT2D eigenvalue weighted by molar-refractivity contribution is 6.06. The minimum atomic E-state index is -1.13. The van der Waals surface area contributed by atoms with Crippen molar-refractivity contribution in [3.8, 4) is 0 Å². The molecule has 0 saturated heterocycles. The molecular weight excluding hydrogens is 206 g/mol. The van der Waals surface area contributed by atoms with E-state index < -0.39 is 18.2 Å². The largest absolute Gasteiger partial charge is 0.481 e. The number of ketones is 1. The molecule has 0 unspecified atom stereocenters. The summed E-state index contributed by atoms with van der Waals surface area (Å²) in [5.41, 5.74) is 1.12. The summed E-state index contributed by atoms with van der Waals surface area (Å²) in [6.45, 7) is 0. The molecule has 1 aromatic carbocycles. The predicted octanol–water partition coefficient (Wildman–Crippen LogP) is 1.89. The smallest absolute Gasteiger partial charge is 0.311 e. The Hall–Kier alpha value is -2.23. The SMILES string of the molecule is O=C(O)CC(=O)c1cnc2ccccc2c1. The van der Waals surface area contributed by atoms with Crippen LogP contribution in [0, 0.1) is 0 Å². The molecule has 0 amide bonds. The molecule has 2 rings (SSSR count). The molecule has 0 bridgehead atoms. The van der Waals surface area contributed by atoms with Gasteiger partial charge >= 0.3 is 5.97 Å². The maximum atomic E-state index is 11.5. The quantitative estimate of drug-likeness (QED) is 0.627. The zero-order valence-corrected chi connectivity index (χ0v) is 8.38. The second-order valence-electron chi connectivity index (χ2n) is 3.41. The maximum Gasteiger partial charge on any atom is 0.311 e. The molecule has 0 radical (unpaired) electrons. The number of benzene rings is 1. The lowest BCUT2D eigenvalue weighted by molar-refractivity contribution is -0.135. The highest BCUT2D eigenvalue weighted by atomic mass is 16.4. The molecule has 80 valence electrons. The van der Waals surface area contributed by atoms with Crippen molar-refractivity contribution in [2.24, 2.45) is 0 Å². The number of rotatable bonds is 3. The summed E-state index contributed by atoms with van der Waals surface area (Å²) in [5, 5.41) is 9.35. The molecule has 0 spiro atoms. The molecule has 0 fully saturated rings. The van der Waals surface area contributed by atoms with Gasteiger partial charge in [-0.25, -0.2) is 0 Å². The first-order chi connectivity index (χ1) is 7.66. The third kappa shape index (κ3) is 2.06. The van der Waals surface area contributed by atoms with Crippen LogP contribution in [-0.2, 0) is 4.79 Å². The predicted molar refractivity (Wildman–Crippen MR) is 58.3 cm³/mol. The molecule has 0 aliphatic rings. The van der Waals surface area contributed by atoms with Crippen molar-refractivity contribution >= 4 is 22.7 Å². The Morgan fingerprint density at radius 3 is 2.75 bits per heavy atom. The lowest BCUT2D eigenvalue weighted by Gasteiger charge is -2.00. The number of para-hydroxylation sites is 1. The minimum absolute atomic E-state index is 0.334. The average molecular weight is 215 g/mol. The van der Waals surface area contributed by atoms with Crippen LogP contribution in [-0.4, -0.2) is 21.8 Å². The number of hydrogen-bond donors (Lipinski definition) is 1. The number of carbonyl (C=O) groups excluding carboxylic acids is 1. The van der Waals surface area contributed by atoms with Crippen LogP contribution in [0.5, 0.6) is 0 Å². The Morgan fingerprint density at radius 2 is 2.00 bits per heavy atom. The van der Waals surface area contributed by atoms with Gasteiger partial charge in [0.2, 0.25) is 0 Å². The van der Waals surface area contributed by atoms with Crippen molar-refractivity contribution < 1.29 is 14.7 Å². The molecule has 4 nitrogen and oxygen atoms in total. The highest BCUT2D eigenvalue weighted by Gasteiger charge is 2.11. The van der Waals surface area contributed by atoms with E-state index in [-0.39, 0.29) is 0 Å². The monoisotopic (exact) mass is 215 g/mol. The van der Waals surface area contributed by atoms with Gasteiger partial charge in [0.1, 0.15) is 6.42 Å². The standard InChI is InChI=1S/C12H9NO3/c14-11(6-12(15)16)9-5-8-3-1-2-4-10(8)13-7-9/h1-5,7H,6H2,(H,15,16). The Morgan fingerprint density at radius 1 is 1.25 bits per heavy atom. The summed E-state index contributed by atoms with van der Waals surface area (Å²) in [5.74, 6) is -1.55. The van der Waals surface area contributed by atoms with Crippen molar-refractivity contribution in [2.45, 2.75) is 6.42 Å². The molecule has 0 atom stereocenters. The normalized spacial score (nSPS) is 10.2. The van der Waals surface area contributed by atoms with Crippen LogP contribution >= 0.6 is 0 Å². The van der Waals surface area contributed by atoms with Gasteiger partial charge in [-0.3, -0.25) is 14.6 Å². The number of aliphatic carboxylic acids is 1. The second-order valence-corrected chi connectivity index (χ2v) is 3.41. The van der Waals surface area contributed by atoms with E-state index in [0.29, 0.717) is 5.56 Å². The third-order valence-corrected chi connectivity index (χ3v) is 2.22. The van der Waals surface area contributed by atoms with Gasteiger partial charge in [0.15, 0.2) is 5.78 Å². The zero-order chi connectivity index (χ0) is 11.5. The Kier molecular flexibility index (Phi) is 2.64. The van der Waals surface area contributed by atoms with Crippen molar-refractivity contribution in [3.63, 3.8) is 0 Å². The van der Waals surface area contributed by atoms with Crippen molar-refractivity contribution in [1.29, 1.82) is 0 Å². The fourth-order valence-corrected chi connectivity index (χ4v) is 1.46. The molecule has 16 heavy (non-hydrogen) atoms. The molecule has 0 aliphatic carbocycles. The number of fused-ring (bicyclic) bond motifs is 1. The van der Waals surface area contributed by atoms with E-state index in [1.165, 1.54) is 6.20 Å². The van der Waals surface area contributed by atoms with E-state index in [1.807, 2.05) is 24.3 Å². The van der Waals surface area contributed by atoms with E-state index in [0.717, 1.165) is 10.9 Å². The topological polar surface area (TPSA) is 67.3 Å². The van der Waals surface area contributed by atoms with Crippen LogP contribution in [0.4, 0.5) is 0 Å². The molecule has 4 heteroatoms. The molecule has 1 N–H and O–H groups in total. The second kappa shape index (κ2) is 4.10. The van der Waals surface area contributed by atoms with Crippen LogP contribution < -0.4 is 0 Å². The van der Waals surface area contributed by atoms with Gasteiger partial charge in [-0.15, -0.1) is 0 Å². The third-order valence-electron chi connectivity index (χ3n) is 2.22. The molecule has 0 aliphatic heterocycles. The Bertz CT molecular complexity index is 563. The van der Waals surface area contributed by atoms with Crippen molar-refractivity contribution in [3.05, 3.63) is 42.1 Å². The van der Waals surface area contributed by atoms with Gasteiger partial charge < -0.3 is 5.11 Å². The molecule has 0 saturated carbocycles. The summed E-state index contributed by atoms with van der Waals surface area (Å²) in [6.07, 6.45) is 0.910. The zero-order valence-electron chi connectivity index (χ0n) is 8.38. The average Bonchev–Trinajstić information content (AvgIpc) is 2.27. The number of carboxylic acid groups (broad SMARTS) is 1. The van der Waals surface area contributed by atoms with E-state index >= 15 is 0 Å². The molecular formula is C12H9NO3. The fraction of sp³-hybridized carbons (Fsp3) is 0.0833. The molecule has 1 heterocycles. The summed E-state index contributed by atoms with van der Waals surface area (Å²) < 4.78 is 0. The van der Waals surface area contributed by atoms with E-state index in [2.05, 4.69) is 4.98 Å². The number of aromatic nitrogens is 1. The number of pyridine rings is 1. The highest BCUT2D eigenvalue weighted by Crippen LogP contribution is 2.13. The number of Topliss-reactive ketones (excluding diaryl/α,β-unsaturated/α-hetero) is 1. The van der Waals surface area contributed by atoms with Crippen LogP contribution in [0.3, 0.4) is 0 Å². The van der Waals surface area contributed by atoms with Crippen LogP contribution in [0.25, 0.3) is 10.9 Å². The number of nitrogens with zero attached hydrogens (tertiary/aromatic N) is 1. The van der Waals surface area contributed by atoms with Crippen LogP contribution in [0.15, 0.2) is 36.5 Å². The van der Waals surface area contributed by atoms with Gasteiger partial charge in [0.05, 0.1) is 5.52 Å². The summed E-state index contributed by atoms with van der Waals surface area (Å²) in [4.78, 5) is 26.0. The van der Waals surface area contributed by atoms with E-state index in [9.17, 15) is 9.59 Å². The lowest BCUT2D eigenvalue weighted by Crippen LogP contribution is -2.07. The fourth-order valence-electron chi connectivity index (χ4n) is 1.46. The van der Waals surface area contributed by atoms with E-state index in [4.69, 9.17) is 5.11 Å². The van der Waals surface area contributed by atoms with Crippen molar-refractivity contribution in [1.82, 2.24) is 4.98 Å². The minimum Gasteiger partial charge on any atom is -0.481 e. The summed E-state index contributed by atoms with van der Waals surface area (Å²) >= 11 is 0. The molecule has 2 aromatic rings. The molecule has 1 aromatic heterocycles. The Balaban J connectivity index is 2.39. The maximum absolute atomic E-state index is 11.5. The van der Waals surface area contributed by atoms with Crippen molar-refractivity contribution in [2.75, 3.05) is 0 Å². The summed E-state index contributed by atoms with van der Waals surface area (Å²) in [7, 11) is 0. The summed E-state index contributed by atoms with van der Waals surface area (Å²) in [6, 6.07) is 9.03. The van der Waals surface area contributed by atoms with Gasteiger partial charge in [-0.1, -0.05) is 18.2 Å². The number of carbonyl (C=O) groups is 2. The van der Waals surface area contributed by atoms with Crippen LogP contribution in [0.1, 0.15) is 16.8 Å². The van der Waals surface area contributed by atoms with Gasteiger partial charge in [0, 0.05) is 17.1 Å². The first-order valence-electron chi connectivity index (χ1n) is 4.76. The first kappa shape index (κ1) is 10.3. The van der Waals surface area contributed by atoms with E-state index in [1.54, 1.807) is 6.07 Å². The Labute approximate surface area is 91.5 Å². The number of carboxylic acids is 1. The van der Waals surface area contributed by atoms with Gasteiger partial charge in [0.25, 0.3) is 0 Å².